The second-order valence-electron chi connectivity index (χ2n) is 6.73. The number of piperazine rings is 1. The molecule has 4 rings (SSSR count). The van der Waals surface area contributed by atoms with Crippen LogP contribution in [0.5, 0.6) is 5.75 Å². The standard InChI is InChI=1S/C20H20ClN3O3/c1-13-6-7-14(21)12-16(13)23-8-10-24(11-9-23)20(26)18-19(25)22-15-4-2-3-5-17(15)27-18/h2-7,12,18H,8-11H2,1H3,(H,22,25)/t18-/m0/s1. The summed E-state index contributed by atoms with van der Waals surface area (Å²) in [4.78, 5) is 29.0. The molecule has 6 nitrogen and oxygen atoms in total. The van der Waals surface area contributed by atoms with Crippen LogP contribution >= 0.6 is 11.6 Å². The molecule has 1 saturated heterocycles. The number of aryl methyl sites for hydroxylation is 1. The topological polar surface area (TPSA) is 61.9 Å². The van der Waals surface area contributed by atoms with E-state index in [9.17, 15) is 9.59 Å². The Balaban J connectivity index is 1.43. The monoisotopic (exact) mass is 385 g/mol. The molecule has 2 heterocycles. The molecule has 2 aromatic carbocycles. The number of anilines is 2. The lowest BCUT2D eigenvalue weighted by atomic mass is 10.1. The first-order valence-electron chi connectivity index (χ1n) is 8.89. The molecule has 2 aromatic rings. The average molecular weight is 386 g/mol. The SMILES string of the molecule is Cc1ccc(Cl)cc1N1CCN(C(=O)[C@H]2Oc3ccccc3NC2=O)CC1. The zero-order valence-electron chi connectivity index (χ0n) is 14.9. The minimum absolute atomic E-state index is 0.301. The Morgan fingerprint density at radius 2 is 1.89 bits per heavy atom. The van der Waals surface area contributed by atoms with Crippen molar-refractivity contribution in [2.75, 3.05) is 36.4 Å². The first-order valence-corrected chi connectivity index (χ1v) is 9.27. The van der Waals surface area contributed by atoms with Crippen LogP contribution in [0.2, 0.25) is 5.02 Å². The number of amides is 2. The summed E-state index contributed by atoms with van der Waals surface area (Å²) in [5, 5.41) is 3.44. The van der Waals surface area contributed by atoms with Crippen molar-refractivity contribution in [1.29, 1.82) is 0 Å². The highest BCUT2D eigenvalue weighted by atomic mass is 35.5. The third kappa shape index (κ3) is 3.45. The number of ether oxygens (including phenoxy) is 1. The molecule has 27 heavy (non-hydrogen) atoms. The van der Waals surface area contributed by atoms with E-state index in [1.54, 1.807) is 17.0 Å². The van der Waals surface area contributed by atoms with Gasteiger partial charge in [0.05, 0.1) is 5.69 Å². The van der Waals surface area contributed by atoms with Gasteiger partial charge in [-0.15, -0.1) is 0 Å². The van der Waals surface area contributed by atoms with Gasteiger partial charge in [-0.3, -0.25) is 9.59 Å². The molecule has 0 radical (unpaired) electrons. The lowest BCUT2D eigenvalue weighted by Crippen LogP contribution is -2.56. The quantitative estimate of drug-likeness (QED) is 0.807. The number of benzene rings is 2. The minimum atomic E-state index is -1.14. The molecular formula is C20H20ClN3O3. The van der Waals surface area contributed by atoms with E-state index in [0.29, 0.717) is 42.6 Å². The molecule has 0 aromatic heterocycles. The van der Waals surface area contributed by atoms with Crippen molar-refractivity contribution in [3.8, 4) is 5.75 Å². The third-order valence-electron chi connectivity index (χ3n) is 4.96. The summed E-state index contributed by atoms with van der Waals surface area (Å²) in [6, 6.07) is 12.9. The van der Waals surface area contributed by atoms with Gasteiger partial charge in [0.15, 0.2) is 0 Å². The number of carbonyl (C=O) groups is 2. The summed E-state index contributed by atoms with van der Waals surface area (Å²) in [5.41, 5.74) is 2.81. The van der Waals surface area contributed by atoms with Crippen molar-refractivity contribution in [1.82, 2.24) is 4.90 Å². The molecule has 0 saturated carbocycles. The summed E-state index contributed by atoms with van der Waals surface area (Å²) in [6.07, 6.45) is -1.14. The highest BCUT2D eigenvalue weighted by molar-refractivity contribution is 6.30. The molecule has 0 bridgehead atoms. The average Bonchev–Trinajstić information content (AvgIpc) is 2.69. The van der Waals surface area contributed by atoms with Crippen LogP contribution in [0, 0.1) is 6.92 Å². The summed E-state index contributed by atoms with van der Waals surface area (Å²) in [5.74, 6) is -0.208. The number of para-hydroxylation sites is 2. The van der Waals surface area contributed by atoms with Gasteiger partial charge in [0.1, 0.15) is 5.75 Å². The molecular weight excluding hydrogens is 366 g/mol. The molecule has 0 unspecified atom stereocenters. The molecule has 1 fully saturated rings. The summed E-state index contributed by atoms with van der Waals surface area (Å²) in [6.45, 7) is 4.45. The highest BCUT2D eigenvalue weighted by Gasteiger charge is 2.37. The first kappa shape index (κ1) is 17.7. The van der Waals surface area contributed by atoms with Crippen LogP contribution in [0.25, 0.3) is 0 Å². The Bertz CT molecular complexity index is 894. The first-order chi connectivity index (χ1) is 13.0. The van der Waals surface area contributed by atoms with Gasteiger partial charge in [-0.05, 0) is 36.8 Å². The van der Waals surface area contributed by atoms with Gasteiger partial charge in [0, 0.05) is 36.9 Å². The Kier molecular flexibility index (Phi) is 4.66. The Morgan fingerprint density at radius 1 is 1.15 bits per heavy atom. The molecule has 7 heteroatoms. The van der Waals surface area contributed by atoms with Gasteiger partial charge in [-0.1, -0.05) is 29.8 Å². The number of rotatable bonds is 2. The van der Waals surface area contributed by atoms with Gasteiger partial charge < -0.3 is 19.9 Å². The van der Waals surface area contributed by atoms with Crippen LogP contribution in [-0.2, 0) is 9.59 Å². The van der Waals surface area contributed by atoms with Crippen LogP contribution in [-0.4, -0.2) is 49.0 Å². The van der Waals surface area contributed by atoms with Gasteiger partial charge in [0.25, 0.3) is 17.9 Å². The number of nitrogens with zero attached hydrogens (tertiary/aromatic N) is 2. The minimum Gasteiger partial charge on any atom is -0.468 e. The van der Waals surface area contributed by atoms with Crippen molar-refractivity contribution in [3.63, 3.8) is 0 Å². The normalized spacial score (nSPS) is 19.2. The number of hydrogen-bond acceptors (Lipinski definition) is 4. The van der Waals surface area contributed by atoms with Gasteiger partial charge in [0.2, 0.25) is 0 Å². The fraction of sp³-hybridized carbons (Fsp3) is 0.300. The number of carbonyl (C=O) groups excluding carboxylic acids is 2. The Labute approximate surface area is 162 Å². The Hall–Kier alpha value is -2.73. The van der Waals surface area contributed by atoms with Crippen LogP contribution in [0.3, 0.4) is 0 Å². The maximum atomic E-state index is 12.8. The zero-order valence-corrected chi connectivity index (χ0v) is 15.7. The van der Waals surface area contributed by atoms with E-state index >= 15 is 0 Å². The van der Waals surface area contributed by atoms with Crippen molar-refractivity contribution < 1.29 is 14.3 Å². The molecule has 0 aliphatic carbocycles. The fourth-order valence-electron chi connectivity index (χ4n) is 3.47. The molecule has 1 N–H and O–H groups in total. The molecule has 1 atom stereocenters. The van der Waals surface area contributed by atoms with Crippen molar-refractivity contribution in [2.24, 2.45) is 0 Å². The Morgan fingerprint density at radius 3 is 2.67 bits per heavy atom. The zero-order chi connectivity index (χ0) is 19.0. The van der Waals surface area contributed by atoms with Crippen molar-refractivity contribution in [3.05, 3.63) is 53.1 Å². The van der Waals surface area contributed by atoms with Crippen molar-refractivity contribution >= 4 is 34.8 Å². The second kappa shape index (κ2) is 7.12. The lowest BCUT2D eigenvalue weighted by Gasteiger charge is -2.38. The van der Waals surface area contributed by atoms with E-state index in [4.69, 9.17) is 16.3 Å². The highest BCUT2D eigenvalue weighted by Crippen LogP contribution is 2.30. The molecule has 2 aliphatic heterocycles. The molecule has 140 valence electrons. The second-order valence-corrected chi connectivity index (χ2v) is 7.16. The van der Waals surface area contributed by atoms with Crippen LogP contribution < -0.4 is 15.0 Å². The van der Waals surface area contributed by atoms with E-state index in [2.05, 4.69) is 10.2 Å². The van der Waals surface area contributed by atoms with Gasteiger partial charge >= 0.3 is 0 Å². The van der Waals surface area contributed by atoms with Gasteiger partial charge in [-0.2, -0.15) is 0 Å². The fourth-order valence-corrected chi connectivity index (χ4v) is 3.64. The van der Waals surface area contributed by atoms with E-state index < -0.39 is 12.0 Å². The van der Waals surface area contributed by atoms with Crippen LogP contribution in [0.15, 0.2) is 42.5 Å². The number of nitrogens with one attached hydrogen (secondary N) is 1. The van der Waals surface area contributed by atoms with E-state index in [1.165, 1.54) is 0 Å². The smallest absolute Gasteiger partial charge is 0.275 e. The third-order valence-corrected chi connectivity index (χ3v) is 5.19. The number of fused-ring (bicyclic) bond motifs is 1. The van der Waals surface area contributed by atoms with Crippen LogP contribution in [0.4, 0.5) is 11.4 Å². The number of hydrogen-bond donors (Lipinski definition) is 1. The molecule has 2 amide bonds. The van der Waals surface area contributed by atoms with E-state index in [1.807, 2.05) is 37.3 Å². The molecule has 2 aliphatic rings. The predicted molar refractivity (Wildman–Crippen MR) is 104 cm³/mol. The largest absolute Gasteiger partial charge is 0.468 e. The summed E-state index contributed by atoms with van der Waals surface area (Å²) >= 11 is 6.12. The predicted octanol–water partition coefficient (Wildman–Crippen LogP) is 2.70. The summed E-state index contributed by atoms with van der Waals surface area (Å²) < 4.78 is 5.67. The van der Waals surface area contributed by atoms with Crippen molar-refractivity contribution in [2.45, 2.75) is 13.0 Å². The summed E-state index contributed by atoms with van der Waals surface area (Å²) in [7, 11) is 0. The number of halogens is 1. The van der Waals surface area contributed by atoms with E-state index in [0.717, 1.165) is 11.3 Å². The van der Waals surface area contributed by atoms with E-state index in [-0.39, 0.29) is 5.91 Å². The maximum absolute atomic E-state index is 12.8. The van der Waals surface area contributed by atoms with Crippen LogP contribution in [0.1, 0.15) is 5.56 Å². The maximum Gasteiger partial charge on any atom is 0.275 e. The lowest BCUT2D eigenvalue weighted by molar-refractivity contribution is -0.145. The molecule has 0 spiro atoms. The van der Waals surface area contributed by atoms with Gasteiger partial charge in [-0.25, -0.2) is 0 Å².